The third kappa shape index (κ3) is 2.02. The summed E-state index contributed by atoms with van der Waals surface area (Å²) in [6, 6.07) is 11.3. The summed E-state index contributed by atoms with van der Waals surface area (Å²) in [6.45, 7) is 0. The Morgan fingerprint density at radius 3 is 3.00 bits per heavy atom. The van der Waals surface area contributed by atoms with Crippen LogP contribution in [0.2, 0.25) is 0 Å². The summed E-state index contributed by atoms with van der Waals surface area (Å²) in [5.41, 5.74) is 2.05. The number of ether oxygens (including phenoxy) is 1. The molecule has 19 heavy (non-hydrogen) atoms. The number of thiazole rings is 1. The van der Waals surface area contributed by atoms with Crippen LogP contribution in [-0.2, 0) is 0 Å². The van der Waals surface area contributed by atoms with Crippen molar-refractivity contribution in [3.05, 3.63) is 42.1 Å². The third-order valence-corrected chi connectivity index (χ3v) is 3.75. The van der Waals surface area contributed by atoms with Crippen LogP contribution >= 0.6 is 11.3 Å². The first-order valence-corrected chi connectivity index (χ1v) is 6.43. The molecule has 5 heteroatoms. The minimum absolute atomic E-state index is 0.536. The lowest BCUT2D eigenvalue weighted by Crippen LogP contribution is -1.86. The Hall–Kier alpha value is -2.45. The number of aromatic nitrogens is 2. The van der Waals surface area contributed by atoms with Crippen LogP contribution in [-0.4, -0.2) is 17.1 Å². The zero-order valence-electron chi connectivity index (χ0n) is 10.1. The first-order chi connectivity index (χ1) is 9.31. The monoisotopic (exact) mass is 267 g/mol. The Morgan fingerprint density at radius 2 is 2.21 bits per heavy atom. The van der Waals surface area contributed by atoms with E-state index < -0.39 is 0 Å². The molecule has 0 unspecified atom stereocenters. The van der Waals surface area contributed by atoms with Crippen LogP contribution in [0.5, 0.6) is 5.75 Å². The Morgan fingerprint density at radius 1 is 1.32 bits per heavy atom. The van der Waals surface area contributed by atoms with Crippen molar-refractivity contribution < 1.29 is 4.74 Å². The summed E-state index contributed by atoms with van der Waals surface area (Å²) in [6.07, 6.45) is 1.67. The molecule has 0 fully saturated rings. The van der Waals surface area contributed by atoms with Crippen molar-refractivity contribution in [2.24, 2.45) is 0 Å². The summed E-state index contributed by atoms with van der Waals surface area (Å²) < 4.78 is 6.21. The van der Waals surface area contributed by atoms with Crippen LogP contribution < -0.4 is 4.74 Å². The van der Waals surface area contributed by atoms with Gasteiger partial charge in [0.25, 0.3) is 0 Å². The molecule has 1 aromatic carbocycles. The van der Waals surface area contributed by atoms with E-state index in [4.69, 9.17) is 10.00 Å². The molecule has 0 aliphatic rings. The molecule has 0 bridgehead atoms. The molecule has 0 N–H and O–H groups in total. The molecule has 0 aliphatic heterocycles. The van der Waals surface area contributed by atoms with E-state index in [9.17, 15) is 0 Å². The highest BCUT2D eigenvalue weighted by Crippen LogP contribution is 2.32. The van der Waals surface area contributed by atoms with Gasteiger partial charge in [0.05, 0.1) is 22.9 Å². The van der Waals surface area contributed by atoms with Crippen molar-refractivity contribution in [2.45, 2.75) is 0 Å². The summed E-state index contributed by atoms with van der Waals surface area (Å²) in [5, 5.41) is 9.85. The first kappa shape index (κ1) is 11.6. The summed E-state index contributed by atoms with van der Waals surface area (Å²) in [7, 11) is 1.63. The van der Waals surface area contributed by atoms with Crippen molar-refractivity contribution in [3.63, 3.8) is 0 Å². The average Bonchev–Trinajstić information content (AvgIpc) is 2.89. The molecule has 3 rings (SSSR count). The van der Waals surface area contributed by atoms with E-state index in [1.165, 1.54) is 11.3 Å². The van der Waals surface area contributed by atoms with Gasteiger partial charge in [0.2, 0.25) is 0 Å². The predicted molar refractivity (Wildman–Crippen MR) is 74.1 cm³/mol. The van der Waals surface area contributed by atoms with Crippen LogP contribution in [0.15, 0.2) is 36.5 Å². The Balaban J connectivity index is 2.18. The van der Waals surface area contributed by atoms with Crippen LogP contribution in [0.3, 0.4) is 0 Å². The molecule has 0 amide bonds. The first-order valence-electron chi connectivity index (χ1n) is 5.62. The number of rotatable bonds is 2. The fraction of sp³-hybridized carbons (Fsp3) is 0.0714. The van der Waals surface area contributed by atoms with Crippen molar-refractivity contribution in [3.8, 4) is 22.5 Å². The lowest BCUT2D eigenvalue weighted by Gasteiger charge is -1.96. The predicted octanol–water partition coefficient (Wildman–Crippen LogP) is 3.24. The van der Waals surface area contributed by atoms with Crippen LogP contribution in [0.1, 0.15) is 5.56 Å². The summed E-state index contributed by atoms with van der Waals surface area (Å²) in [4.78, 5) is 8.77. The summed E-state index contributed by atoms with van der Waals surface area (Å²) >= 11 is 1.50. The fourth-order valence-electron chi connectivity index (χ4n) is 1.80. The van der Waals surface area contributed by atoms with Gasteiger partial charge < -0.3 is 4.74 Å². The van der Waals surface area contributed by atoms with Gasteiger partial charge in [-0.15, -0.1) is 11.3 Å². The van der Waals surface area contributed by atoms with Gasteiger partial charge in [0.1, 0.15) is 22.5 Å². The highest BCUT2D eigenvalue weighted by Gasteiger charge is 2.11. The topological polar surface area (TPSA) is 58.8 Å². The maximum absolute atomic E-state index is 9.10. The normalized spacial score (nSPS) is 10.3. The van der Waals surface area contributed by atoms with Gasteiger partial charge in [0, 0.05) is 6.20 Å². The van der Waals surface area contributed by atoms with E-state index in [0.29, 0.717) is 11.3 Å². The second kappa shape index (κ2) is 4.67. The fourth-order valence-corrected chi connectivity index (χ4v) is 2.80. The van der Waals surface area contributed by atoms with Crippen molar-refractivity contribution in [1.82, 2.24) is 9.97 Å². The molecule has 3 aromatic rings. The molecule has 4 nitrogen and oxygen atoms in total. The molecular formula is C14H9N3OS. The third-order valence-electron chi connectivity index (χ3n) is 2.73. The van der Waals surface area contributed by atoms with Crippen molar-refractivity contribution in [1.29, 1.82) is 5.26 Å². The van der Waals surface area contributed by atoms with Crippen LogP contribution in [0.4, 0.5) is 0 Å². The van der Waals surface area contributed by atoms with Gasteiger partial charge in [0.15, 0.2) is 0 Å². The van der Waals surface area contributed by atoms with Gasteiger partial charge in [-0.1, -0.05) is 0 Å². The van der Waals surface area contributed by atoms with Gasteiger partial charge in [-0.05, 0) is 30.3 Å². The SMILES string of the molecule is COc1ccc2nc(-c3ncccc3C#N)sc2c1. The molecule has 0 atom stereocenters. The lowest BCUT2D eigenvalue weighted by molar-refractivity contribution is 0.415. The lowest BCUT2D eigenvalue weighted by atomic mass is 10.2. The van der Waals surface area contributed by atoms with Gasteiger partial charge in [-0.3, -0.25) is 4.98 Å². The molecule has 0 spiro atoms. The maximum atomic E-state index is 9.10. The number of benzene rings is 1. The molecule has 0 aliphatic carbocycles. The zero-order chi connectivity index (χ0) is 13.2. The van der Waals surface area contributed by atoms with E-state index >= 15 is 0 Å². The minimum Gasteiger partial charge on any atom is -0.497 e. The maximum Gasteiger partial charge on any atom is 0.144 e. The quantitative estimate of drug-likeness (QED) is 0.715. The molecule has 2 heterocycles. The second-order valence-electron chi connectivity index (χ2n) is 3.86. The number of fused-ring (bicyclic) bond motifs is 1. The molecule has 0 radical (unpaired) electrons. The number of methoxy groups -OCH3 is 1. The Labute approximate surface area is 113 Å². The van der Waals surface area contributed by atoms with Crippen molar-refractivity contribution >= 4 is 21.6 Å². The van der Waals surface area contributed by atoms with Gasteiger partial charge in [-0.2, -0.15) is 5.26 Å². The average molecular weight is 267 g/mol. The number of hydrogen-bond donors (Lipinski definition) is 0. The zero-order valence-corrected chi connectivity index (χ0v) is 10.9. The van der Waals surface area contributed by atoms with E-state index in [2.05, 4.69) is 16.0 Å². The minimum atomic E-state index is 0.536. The highest BCUT2D eigenvalue weighted by atomic mass is 32.1. The van der Waals surface area contributed by atoms with Crippen LogP contribution in [0.25, 0.3) is 20.9 Å². The summed E-state index contributed by atoms with van der Waals surface area (Å²) in [5.74, 6) is 0.796. The molecule has 0 saturated heterocycles. The molecular weight excluding hydrogens is 258 g/mol. The number of pyridine rings is 1. The standard InChI is InChI=1S/C14H9N3OS/c1-18-10-4-5-11-12(7-10)19-14(17-11)13-9(8-15)3-2-6-16-13/h2-7H,1H3. The number of hydrogen-bond acceptors (Lipinski definition) is 5. The van der Waals surface area contributed by atoms with E-state index in [1.807, 2.05) is 18.2 Å². The van der Waals surface area contributed by atoms with E-state index in [-0.39, 0.29) is 0 Å². The van der Waals surface area contributed by atoms with E-state index in [0.717, 1.165) is 21.0 Å². The smallest absolute Gasteiger partial charge is 0.144 e. The Kier molecular flexibility index (Phi) is 2.86. The molecule has 92 valence electrons. The molecule has 2 aromatic heterocycles. The number of nitrogens with zero attached hydrogens (tertiary/aromatic N) is 3. The molecule has 0 saturated carbocycles. The van der Waals surface area contributed by atoms with Gasteiger partial charge in [-0.25, -0.2) is 4.98 Å². The Bertz CT molecular complexity index is 789. The second-order valence-corrected chi connectivity index (χ2v) is 4.89. The largest absolute Gasteiger partial charge is 0.497 e. The van der Waals surface area contributed by atoms with Gasteiger partial charge >= 0.3 is 0 Å². The number of nitriles is 1. The van der Waals surface area contributed by atoms with Crippen LogP contribution in [0, 0.1) is 11.3 Å². The van der Waals surface area contributed by atoms with E-state index in [1.54, 1.807) is 25.4 Å². The van der Waals surface area contributed by atoms with Crippen molar-refractivity contribution in [2.75, 3.05) is 7.11 Å². The highest BCUT2D eigenvalue weighted by molar-refractivity contribution is 7.21.